The predicted molar refractivity (Wildman–Crippen MR) is 72.8 cm³/mol. The second-order valence-electron chi connectivity index (χ2n) is 5.56. The molecule has 0 aliphatic rings. The van der Waals surface area contributed by atoms with E-state index >= 15 is 0 Å². The van der Waals surface area contributed by atoms with Gasteiger partial charge in [0.1, 0.15) is 0 Å². The van der Waals surface area contributed by atoms with Gasteiger partial charge in [-0.05, 0) is 41.0 Å². The van der Waals surface area contributed by atoms with E-state index in [-0.39, 0.29) is 17.8 Å². The van der Waals surface area contributed by atoms with E-state index < -0.39 is 6.10 Å². The van der Waals surface area contributed by atoms with Gasteiger partial charge in [0.25, 0.3) is 0 Å². The summed E-state index contributed by atoms with van der Waals surface area (Å²) in [6.45, 7) is 13.3. The van der Waals surface area contributed by atoms with Crippen LogP contribution in [0.15, 0.2) is 0 Å². The van der Waals surface area contributed by atoms with Crippen molar-refractivity contribution < 1.29 is 19.3 Å². The maximum atomic E-state index is 9.09. The molecule has 0 aromatic rings. The van der Waals surface area contributed by atoms with Gasteiger partial charge in [-0.3, -0.25) is 0 Å². The average molecular weight is 262 g/mol. The Hall–Kier alpha value is -0.160. The topological polar surface area (TPSA) is 47.9 Å². The first kappa shape index (κ1) is 17.8. The third-order valence-electron chi connectivity index (χ3n) is 2.80. The number of aliphatic hydroxyl groups is 1. The van der Waals surface area contributed by atoms with Crippen LogP contribution in [-0.2, 0) is 14.2 Å². The van der Waals surface area contributed by atoms with Gasteiger partial charge in [-0.1, -0.05) is 6.92 Å². The first-order chi connectivity index (χ1) is 8.26. The van der Waals surface area contributed by atoms with Crippen molar-refractivity contribution in [2.45, 2.75) is 71.9 Å². The molecule has 0 radical (unpaired) electrons. The number of ether oxygens (including phenoxy) is 3. The van der Waals surface area contributed by atoms with E-state index in [2.05, 4.69) is 20.8 Å². The fraction of sp³-hybridized carbons (Fsp3) is 1.00. The molecule has 0 saturated heterocycles. The molecule has 0 fully saturated rings. The minimum Gasteiger partial charge on any atom is -0.391 e. The number of aliphatic hydroxyl groups excluding tert-OH is 1. The van der Waals surface area contributed by atoms with E-state index in [1.54, 1.807) is 6.92 Å². The van der Waals surface area contributed by atoms with Crippen molar-refractivity contribution in [3.05, 3.63) is 0 Å². The smallest absolute Gasteiger partial charge is 0.0782 e. The third kappa shape index (κ3) is 9.83. The van der Waals surface area contributed by atoms with E-state index in [1.807, 2.05) is 13.8 Å². The molecule has 3 unspecified atom stereocenters. The fourth-order valence-corrected chi connectivity index (χ4v) is 1.14. The molecule has 0 amide bonds. The van der Waals surface area contributed by atoms with Crippen LogP contribution in [0.25, 0.3) is 0 Å². The summed E-state index contributed by atoms with van der Waals surface area (Å²) in [4.78, 5) is 0. The molecule has 0 spiro atoms. The number of hydrogen-bond donors (Lipinski definition) is 1. The van der Waals surface area contributed by atoms with Gasteiger partial charge in [0.2, 0.25) is 0 Å². The van der Waals surface area contributed by atoms with Crippen LogP contribution in [0.5, 0.6) is 0 Å². The molecular weight excluding hydrogens is 232 g/mol. The first-order valence-corrected chi connectivity index (χ1v) is 6.82. The predicted octanol–water partition coefficient (Wildman–Crippen LogP) is 2.38. The van der Waals surface area contributed by atoms with Gasteiger partial charge in [0, 0.05) is 0 Å². The Kier molecular flexibility index (Phi) is 8.78. The summed E-state index contributed by atoms with van der Waals surface area (Å²) in [5.41, 5.74) is -0.0912. The molecule has 4 heteroatoms. The monoisotopic (exact) mass is 262 g/mol. The number of rotatable bonds is 10. The van der Waals surface area contributed by atoms with Crippen molar-refractivity contribution in [1.29, 1.82) is 0 Å². The second kappa shape index (κ2) is 8.86. The zero-order valence-corrected chi connectivity index (χ0v) is 12.7. The van der Waals surface area contributed by atoms with Gasteiger partial charge in [-0.15, -0.1) is 0 Å². The maximum Gasteiger partial charge on any atom is 0.0782 e. The van der Waals surface area contributed by atoms with Gasteiger partial charge < -0.3 is 19.3 Å². The van der Waals surface area contributed by atoms with Crippen molar-refractivity contribution in [2.75, 3.05) is 19.8 Å². The Bertz CT molecular complexity index is 204. The highest BCUT2D eigenvalue weighted by Gasteiger charge is 2.17. The Balaban J connectivity index is 3.66. The van der Waals surface area contributed by atoms with Crippen LogP contribution in [0.4, 0.5) is 0 Å². The van der Waals surface area contributed by atoms with Gasteiger partial charge in [0.05, 0.1) is 43.7 Å². The highest BCUT2D eigenvalue weighted by atomic mass is 16.6. The summed E-state index contributed by atoms with van der Waals surface area (Å²) in [5.74, 6) is 0. The molecule has 0 aliphatic heterocycles. The SMILES string of the molecule is CCC(C)(C)OCC(C)OCC(C)OCC(C)O. The van der Waals surface area contributed by atoms with Crippen LogP contribution in [0.2, 0.25) is 0 Å². The molecule has 0 bridgehead atoms. The average Bonchev–Trinajstić information content (AvgIpc) is 2.31. The standard InChI is InChI=1S/C14H30O4/c1-7-14(5,6)18-10-13(4)17-9-12(3)16-8-11(2)15/h11-13,15H,7-10H2,1-6H3. The summed E-state index contributed by atoms with van der Waals surface area (Å²) < 4.78 is 16.8. The lowest BCUT2D eigenvalue weighted by molar-refractivity contribution is -0.0989. The van der Waals surface area contributed by atoms with Crippen molar-refractivity contribution in [3.63, 3.8) is 0 Å². The van der Waals surface area contributed by atoms with Gasteiger partial charge in [-0.2, -0.15) is 0 Å². The minimum absolute atomic E-state index is 0.0127. The van der Waals surface area contributed by atoms with E-state index in [9.17, 15) is 0 Å². The van der Waals surface area contributed by atoms with Crippen molar-refractivity contribution >= 4 is 0 Å². The maximum absolute atomic E-state index is 9.09. The van der Waals surface area contributed by atoms with Crippen LogP contribution in [0.3, 0.4) is 0 Å². The summed E-state index contributed by atoms with van der Waals surface area (Å²) >= 11 is 0. The van der Waals surface area contributed by atoms with E-state index in [1.165, 1.54) is 0 Å². The lowest BCUT2D eigenvalue weighted by Gasteiger charge is -2.26. The third-order valence-corrected chi connectivity index (χ3v) is 2.80. The first-order valence-electron chi connectivity index (χ1n) is 6.82. The lowest BCUT2D eigenvalue weighted by Crippen LogP contribution is -2.30. The molecule has 0 rings (SSSR count). The zero-order valence-electron chi connectivity index (χ0n) is 12.7. The number of hydrogen-bond acceptors (Lipinski definition) is 4. The minimum atomic E-state index is -0.432. The normalized spacial score (nSPS) is 17.5. The zero-order chi connectivity index (χ0) is 14.2. The fourth-order valence-electron chi connectivity index (χ4n) is 1.14. The Morgan fingerprint density at radius 2 is 1.44 bits per heavy atom. The summed E-state index contributed by atoms with van der Waals surface area (Å²) in [5, 5.41) is 9.09. The second-order valence-corrected chi connectivity index (χ2v) is 5.56. The molecule has 1 N–H and O–H groups in total. The van der Waals surface area contributed by atoms with Gasteiger partial charge in [0.15, 0.2) is 0 Å². The van der Waals surface area contributed by atoms with E-state index in [0.717, 1.165) is 6.42 Å². The van der Waals surface area contributed by atoms with E-state index in [4.69, 9.17) is 19.3 Å². The van der Waals surface area contributed by atoms with Crippen LogP contribution in [0.1, 0.15) is 48.0 Å². The van der Waals surface area contributed by atoms with Crippen LogP contribution in [-0.4, -0.2) is 48.8 Å². The largest absolute Gasteiger partial charge is 0.391 e. The summed E-state index contributed by atoms with van der Waals surface area (Å²) in [6, 6.07) is 0. The molecule has 0 aromatic heterocycles. The Morgan fingerprint density at radius 3 is 1.94 bits per heavy atom. The van der Waals surface area contributed by atoms with Crippen molar-refractivity contribution in [1.82, 2.24) is 0 Å². The summed E-state index contributed by atoms with van der Waals surface area (Å²) in [6.07, 6.45) is 0.585. The highest BCUT2D eigenvalue weighted by Crippen LogP contribution is 2.14. The Morgan fingerprint density at radius 1 is 0.944 bits per heavy atom. The van der Waals surface area contributed by atoms with Crippen molar-refractivity contribution in [2.24, 2.45) is 0 Å². The van der Waals surface area contributed by atoms with Crippen LogP contribution < -0.4 is 0 Å². The van der Waals surface area contributed by atoms with Crippen molar-refractivity contribution in [3.8, 4) is 0 Å². The molecule has 4 nitrogen and oxygen atoms in total. The van der Waals surface area contributed by atoms with Gasteiger partial charge >= 0.3 is 0 Å². The molecule has 110 valence electrons. The molecule has 0 heterocycles. The lowest BCUT2D eigenvalue weighted by atomic mass is 10.1. The molecule has 0 aliphatic carbocycles. The Labute approximate surface area is 112 Å². The van der Waals surface area contributed by atoms with Crippen LogP contribution in [0, 0.1) is 0 Å². The quantitative estimate of drug-likeness (QED) is 0.656. The van der Waals surface area contributed by atoms with Gasteiger partial charge in [-0.25, -0.2) is 0 Å². The van der Waals surface area contributed by atoms with Crippen LogP contribution >= 0.6 is 0 Å². The molecular formula is C14H30O4. The summed E-state index contributed by atoms with van der Waals surface area (Å²) in [7, 11) is 0. The molecule has 0 saturated carbocycles. The molecule has 3 atom stereocenters. The molecule has 0 aromatic carbocycles. The molecule has 18 heavy (non-hydrogen) atoms. The highest BCUT2D eigenvalue weighted by molar-refractivity contribution is 4.66. The van der Waals surface area contributed by atoms with E-state index in [0.29, 0.717) is 19.8 Å².